The van der Waals surface area contributed by atoms with Crippen molar-refractivity contribution in [2.75, 3.05) is 23.3 Å². The number of unbranched alkanes of at least 4 members (excludes halogenated alkanes) is 2. The summed E-state index contributed by atoms with van der Waals surface area (Å²) >= 11 is 0. The Labute approximate surface area is 124 Å². The van der Waals surface area contributed by atoms with Crippen LogP contribution in [-0.4, -0.2) is 25.0 Å². The first-order valence-electron chi connectivity index (χ1n) is 7.09. The van der Waals surface area contributed by atoms with Crippen LogP contribution in [0.2, 0.25) is 0 Å². The fourth-order valence-electron chi connectivity index (χ4n) is 2.18. The standard InChI is InChI=1S/C16H19N3O2/c1-2-3-4-5-6-15(20)18-13-7-9-14(10-8-13)19-12-11-17-16(19)21/h1,7-10H,3-6,11-12H2,(H,17,21)(H,18,20). The monoisotopic (exact) mass is 285 g/mol. The molecule has 5 nitrogen and oxygen atoms in total. The third-order valence-electron chi connectivity index (χ3n) is 3.29. The average Bonchev–Trinajstić information content (AvgIpc) is 2.91. The number of terminal acetylenes is 1. The Kier molecular flexibility index (Phi) is 5.22. The molecule has 0 unspecified atom stereocenters. The molecule has 0 aromatic heterocycles. The van der Waals surface area contributed by atoms with Gasteiger partial charge in [0, 0.05) is 37.3 Å². The van der Waals surface area contributed by atoms with Crippen LogP contribution in [0.4, 0.5) is 16.2 Å². The van der Waals surface area contributed by atoms with Crippen LogP contribution >= 0.6 is 0 Å². The number of nitrogens with zero attached hydrogens (tertiary/aromatic N) is 1. The second-order valence-corrected chi connectivity index (χ2v) is 4.89. The first-order chi connectivity index (χ1) is 10.2. The zero-order valence-corrected chi connectivity index (χ0v) is 11.9. The average molecular weight is 285 g/mol. The number of nitrogens with one attached hydrogen (secondary N) is 2. The van der Waals surface area contributed by atoms with E-state index in [1.165, 1.54) is 0 Å². The van der Waals surface area contributed by atoms with Crippen molar-refractivity contribution < 1.29 is 9.59 Å². The molecule has 1 aliphatic heterocycles. The Bertz CT molecular complexity index is 546. The quantitative estimate of drug-likeness (QED) is 0.622. The van der Waals surface area contributed by atoms with Crippen LogP contribution < -0.4 is 15.5 Å². The van der Waals surface area contributed by atoms with Crippen LogP contribution in [-0.2, 0) is 4.79 Å². The molecule has 3 amide bonds. The van der Waals surface area contributed by atoms with E-state index >= 15 is 0 Å². The summed E-state index contributed by atoms with van der Waals surface area (Å²) in [5.74, 6) is 2.54. The van der Waals surface area contributed by atoms with E-state index in [4.69, 9.17) is 6.42 Å². The van der Waals surface area contributed by atoms with E-state index in [0.29, 0.717) is 25.9 Å². The summed E-state index contributed by atoms with van der Waals surface area (Å²) in [4.78, 5) is 24.9. The molecule has 0 aliphatic carbocycles. The highest BCUT2D eigenvalue weighted by molar-refractivity contribution is 5.95. The highest BCUT2D eigenvalue weighted by Gasteiger charge is 2.20. The largest absolute Gasteiger partial charge is 0.336 e. The van der Waals surface area contributed by atoms with Gasteiger partial charge in [-0.05, 0) is 37.1 Å². The smallest absolute Gasteiger partial charge is 0.321 e. The van der Waals surface area contributed by atoms with Crippen LogP contribution in [0, 0.1) is 12.3 Å². The van der Waals surface area contributed by atoms with Crippen LogP contribution in [0.15, 0.2) is 24.3 Å². The summed E-state index contributed by atoms with van der Waals surface area (Å²) in [6, 6.07) is 7.19. The molecule has 1 fully saturated rings. The van der Waals surface area contributed by atoms with Crippen molar-refractivity contribution >= 4 is 23.3 Å². The lowest BCUT2D eigenvalue weighted by atomic mass is 10.2. The molecule has 5 heteroatoms. The minimum absolute atomic E-state index is 0.0151. The van der Waals surface area contributed by atoms with Crippen molar-refractivity contribution in [3.05, 3.63) is 24.3 Å². The van der Waals surface area contributed by atoms with Crippen LogP contribution in [0.3, 0.4) is 0 Å². The van der Waals surface area contributed by atoms with Crippen molar-refractivity contribution in [3.63, 3.8) is 0 Å². The number of amides is 3. The molecule has 0 bridgehead atoms. The summed E-state index contributed by atoms with van der Waals surface area (Å²) in [7, 11) is 0. The van der Waals surface area contributed by atoms with E-state index in [0.717, 1.165) is 24.2 Å². The lowest BCUT2D eigenvalue weighted by Gasteiger charge is -2.14. The topological polar surface area (TPSA) is 61.4 Å². The van der Waals surface area contributed by atoms with Crippen LogP contribution in [0.25, 0.3) is 0 Å². The number of hydrogen-bond donors (Lipinski definition) is 2. The number of benzene rings is 1. The highest BCUT2D eigenvalue weighted by Crippen LogP contribution is 2.19. The molecule has 21 heavy (non-hydrogen) atoms. The zero-order valence-electron chi connectivity index (χ0n) is 11.9. The highest BCUT2D eigenvalue weighted by atomic mass is 16.2. The van der Waals surface area contributed by atoms with Gasteiger partial charge in [-0.2, -0.15) is 0 Å². The Morgan fingerprint density at radius 2 is 2.10 bits per heavy atom. The van der Waals surface area contributed by atoms with Gasteiger partial charge in [0.2, 0.25) is 5.91 Å². The molecule has 1 heterocycles. The number of carbonyl (C=O) groups is 2. The minimum Gasteiger partial charge on any atom is -0.336 e. The predicted octanol–water partition coefficient (Wildman–Crippen LogP) is 2.35. The Morgan fingerprint density at radius 1 is 1.33 bits per heavy atom. The molecule has 1 aliphatic rings. The summed E-state index contributed by atoms with van der Waals surface area (Å²) in [6.45, 7) is 1.33. The molecule has 1 saturated heterocycles. The van der Waals surface area contributed by atoms with Crippen molar-refractivity contribution in [2.45, 2.75) is 25.7 Å². The van der Waals surface area contributed by atoms with Gasteiger partial charge in [-0.1, -0.05) is 0 Å². The maximum Gasteiger partial charge on any atom is 0.321 e. The van der Waals surface area contributed by atoms with Gasteiger partial charge in [0.25, 0.3) is 0 Å². The Hall–Kier alpha value is -2.48. The van der Waals surface area contributed by atoms with Gasteiger partial charge < -0.3 is 10.6 Å². The van der Waals surface area contributed by atoms with Gasteiger partial charge in [-0.25, -0.2) is 4.79 Å². The first kappa shape index (κ1) is 14.9. The third-order valence-corrected chi connectivity index (χ3v) is 3.29. The molecule has 2 rings (SSSR count). The summed E-state index contributed by atoms with van der Waals surface area (Å²) < 4.78 is 0. The van der Waals surface area contributed by atoms with Gasteiger partial charge >= 0.3 is 6.03 Å². The molecule has 0 spiro atoms. The summed E-state index contributed by atoms with van der Waals surface area (Å²) in [5.41, 5.74) is 1.57. The predicted molar refractivity (Wildman–Crippen MR) is 83.1 cm³/mol. The van der Waals surface area contributed by atoms with E-state index < -0.39 is 0 Å². The second-order valence-electron chi connectivity index (χ2n) is 4.89. The number of anilines is 2. The lowest BCUT2D eigenvalue weighted by Crippen LogP contribution is -2.27. The number of rotatable bonds is 6. The van der Waals surface area contributed by atoms with Crippen molar-refractivity contribution in [3.8, 4) is 12.3 Å². The van der Waals surface area contributed by atoms with E-state index in [-0.39, 0.29) is 11.9 Å². The number of hydrogen-bond acceptors (Lipinski definition) is 2. The molecular formula is C16H19N3O2. The van der Waals surface area contributed by atoms with E-state index in [2.05, 4.69) is 16.6 Å². The molecule has 1 aromatic carbocycles. The van der Waals surface area contributed by atoms with Gasteiger partial charge in [0.05, 0.1) is 0 Å². The van der Waals surface area contributed by atoms with Crippen LogP contribution in [0.1, 0.15) is 25.7 Å². The van der Waals surface area contributed by atoms with Gasteiger partial charge in [0.15, 0.2) is 0 Å². The maximum absolute atomic E-state index is 11.7. The van der Waals surface area contributed by atoms with Crippen molar-refractivity contribution in [1.82, 2.24) is 5.32 Å². The number of carbonyl (C=O) groups excluding carboxylic acids is 2. The first-order valence-corrected chi connectivity index (χ1v) is 7.09. The minimum atomic E-state index is -0.0831. The summed E-state index contributed by atoms with van der Waals surface area (Å²) in [5, 5.41) is 5.59. The van der Waals surface area contributed by atoms with E-state index in [9.17, 15) is 9.59 Å². The Morgan fingerprint density at radius 3 is 2.71 bits per heavy atom. The molecular weight excluding hydrogens is 266 g/mol. The summed E-state index contributed by atoms with van der Waals surface area (Å²) in [6.07, 6.45) is 8.00. The van der Waals surface area contributed by atoms with Gasteiger partial charge in [-0.3, -0.25) is 9.69 Å². The van der Waals surface area contributed by atoms with Gasteiger partial charge in [-0.15, -0.1) is 12.3 Å². The fourth-order valence-corrected chi connectivity index (χ4v) is 2.18. The Balaban J connectivity index is 1.83. The van der Waals surface area contributed by atoms with Crippen LogP contribution in [0.5, 0.6) is 0 Å². The molecule has 1 aromatic rings. The van der Waals surface area contributed by atoms with E-state index in [1.54, 1.807) is 17.0 Å². The lowest BCUT2D eigenvalue weighted by molar-refractivity contribution is -0.116. The third kappa shape index (κ3) is 4.25. The van der Waals surface area contributed by atoms with Crippen molar-refractivity contribution in [2.24, 2.45) is 0 Å². The number of urea groups is 1. The SMILES string of the molecule is C#CCCCCC(=O)Nc1ccc(N2CCNC2=O)cc1. The fraction of sp³-hybridized carbons (Fsp3) is 0.375. The van der Waals surface area contributed by atoms with Crippen molar-refractivity contribution in [1.29, 1.82) is 0 Å². The molecule has 0 saturated carbocycles. The molecule has 110 valence electrons. The molecule has 2 N–H and O–H groups in total. The zero-order chi connectivity index (χ0) is 15.1. The van der Waals surface area contributed by atoms with Gasteiger partial charge in [0.1, 0.15) is 0 Å². The van der Waals surface area contributed by atoms with E-state index in [1.807, 2.05) is 12.1 Å². The normalized spacial score (nSPS) is 13.7. The maximum atomic E-state index is 11.7. The second kappa shape index (κ2) is 7.34. The molecule has 0 radical (unpaired) electrons. The molecule has 0 atom stereocenters.